The predicted molar refractivity (Wildman–Crippen MR) is 69.1 cm³/mol. The van der Waals surface area contributed by atoms with Crippen molar-refractivity contribution in [2.45, 2.75) is 33.2 Å². The average Bonchev–Trinajstić information content (AvgIpc) is 2.26. The van der Waals surface area contributed by atoms with Crippen LogP contribution in [0.2, 0.25) is 0 Å². The highest BCUT2D eigenvalue weighted by Gasteiger charge is 2.06. The Morgan fingerprint density at radius 1 is 1.41 bits per heavy atom. The topological polar surface area (TPSA) is 73.1 Å². The molecule has 0 aromatic carbocycles. The first-order valence-corrected chi connectivity index (χ1v) is 6.06. The highest BCUT2D eigenvalue weighted by atomic mass is 16.5. The second kappa shape index (κ2) is 7.06. The van der Waals surface area contributed by atoms with Gasteiger partial charge < -0.3 is 15.8 Å². The smallest absolute Gasteiger partial charge is 0.218 e. The molecule has 0 saturated heterocycles. The number of nitrogens with one attached hydrogen (secondary N) is 1. The van der Waals surface area contributed by atoms with Crippen molar-refractivity contribution in [1.82, 2.24) is 9.97 Å². The van der Waals surface area contributed by atoms with Crippen LogP contribution in [0, 0.1) is 5.92 Å². The fourth-order valence-electron chi connectivity index (χ4n) is 1.59. The Kier molecular flexibility index (Phi) is 5.69. The maximum atomic E-state index is 5.98. The number of aromatic nitrogens is 2. The van der Waals surface area contributed by atoms with Gasteiger partial charge >= 0.3 is 0 Å². The van der Waals surface area contributed by atoms with Gasteiger partial charge in [0.05, 0.1) is 6.61 Å². The monoisotopic (exact) mass is 238 g/mol. The van der Waals surface area contributed by atoms with Crippen molar-refractivity contribution in [3.8, 4) is 5.88 Å². The maximum absolute atomic E-state index is 5.98. The molecular weight excluding hydrogens is 216 g/mol. The molecule has 1 rings (SSSR count). The number of nitrogens with zero attached hydrogens (tertiary/aromatic N) is 2. The minimum Gasteiger partial charge on any atom is -0.478 e. The Morgan fingerprint density at radius 2 is 2.18 bits per heavy atom. The molecule has 0 fully saturated rings. The summed E-state index contributed by atoms with van der Waals surface area (Å²) in [5, 5.41) is 3.19. The van der Waals surface area contributed by atoms with E-state index in [-0.39, 0.29) is 6.04 Å². The number of anilines is 1. The molecule has 1 unspecified atom stereocenters. The third-order valence-corrected chi connectivity index (χ3v) is 2.25. The molecule has 0 saturated carbocycles. The second-order valence-corrected chi connectivity index (χ2v) is 4.45. The number of hydrogen-bond acceptors (Lipinski definition) is 5. The van der Waals surface area contributed by atoms with Gasteiger partial charge in [-0.1, -0.05) is 13.8 Å². The molecule has 1 aromatic rings. The summed E-state index contributed by atoms with van der Waals surface area (Å²) in [6.45, 7) is 7.56. The molecule has 5 nitrogen and oxygen atoms in total. The van der Waals surface area contributed by atoms with Crippen LogP contribution in [0.15, 0.2) is 12.4 Å². The normalized spacial score (nSPS) is 12.5. The van der Waals surface area contributed by atoms with Crippen LogP contribution < -0.4 is 15.8 Å². The zero-order valence-corrected chi connectivity index (χ0v) is 10.8. The molecular formula is C12H22N4O. The lowest BCUT2D eigenvalue weighted by molar-refractivity contribution is 0.326. The van der Waals surface area contributed by atoms with Gasteiger partial charge in [-0.05, 0) is 19.3 Å². The summed E-state index contributed by atoms with van der Waals surface area (Å²) in [5.74, 6) is 1.95. The molecule has 3 N–H and O–H groups in total. The van der Waals surface area contributed by atoms with Gasteiger partial charge in [0.15, 0.2) is 0 Å². The molecule has 0 amide bonds. The lowest BCUT2D eigenvalue weighted by atomic mass is 10.0. The highest BCUT2D eigenvalue weighted by Crippen LogP contribution is 2.11. The summed E-state index contributed by atoms with van der Waals surface area (Å²) in [6.07, 6.45) is 2.48. The van der Waals surface area contributed by atoms with Gasteiger partial charge in [-0.25, -0.2) is 9.97 Å². The molecule has 0 aliphatic heterocycles. The molecule has 1 heterocycles. The molecule has 1 aromatic heterocycles. The highest BCUT2D eigenvalue weighted by molar-refractivity contribution is 5.37. The lowest BCUT2D eigenvalue weighted by Crippen LogP contribution is -2.30. The van der Waals surface area contributed by atoms with Crippen LogP contribution in [0.5, 0.6) is 5.88 Å². The van der Waals surface area contributed by atoms with E-state index in [1.165, 1.54) is 6.33 Å². The Balaban J connectivity index is 2.43. The summed E-state index contributed by atoms with van der Waals surface area (Å²) in [5.41, 5.74) is 5.98. The first kappa shape index (κ1) is 13.7. The average molecular weight is 238 g/mol. The van der Waals surface area contributed by atoms with Crippen molar-refractivity contribution >= 4 is 5.82 Å². The van der Waals surface area contributed by atoms with Crippen molar-refractivity contribution in [2.24, 2.45) is 11.7 Å². The van der Waals surface area contributed by atoms with E-state index in [2.05, 4.69) is 29.1 Å². The van der Waals surface area contributed by atoms with E-state index in [1.807, 2.05) is 6.92 Å². The van der Waals surface area contributed by atoms with Gasteiger partial charge in [-0.3, -0.25) is 0 Å². The molecule has 0 aliphatic carbocycles. The van der Waals surface area contributed by atoms with Crippen LogP contribution in [-0.4, -0.2) is 29.2 Å². The fourth-order valence-corrected chi connectivity index (χ4v) is 1.59. The molecule has 1 atom stereocenters. The van der Waals surface area contributed by atoms with E-state index in [9.17, 15) is 0 Å². The molecule has 0 aliphatic rings. The van der Waals surface area contributed by atoms with Gasteiger partial charge in [0.1, 0.15) is 12.1 Å². The van der Waals surface area contributed by atoms with Gasteiger partial charge in [-0.2, -0.15) is 0 Å². The van der Waals surface area contributed by atoms with E-state index in [1.54, 1.807) is 6.07 Å². The molecule has 5 heteroatoms. The molecule has 96 valence electrons. The quantitative estimate of drug-likeness (QED) is 0.755. The summed E-state index contributed by atoms with van der Waals surface area (Å²) in [4.78, 5) is 8.12. The largest absolute Gasteiger partial charge is 0.478 e. The SMILES string of the molecule is CCOc1cc(NCC(N)CC(C)C)ncn1. The van der Waals surface area contributed by atoms with Crippen molar-refractivity contribution < 1.29 is 4.74 Å². The van der Waals surface area contributed by atoms with Gasteiger partial charge in [0.25, 0.3) is 0 Å². The van der Waals surface area contributed by atoms with Crippen LogP contribution in [0.3, 0.4) is 0 Å². The van der Waals surface area contributed by atoms with E-state index in [4.69, 9.17) is 10.5 Å². The standard InChI is InChI=1S/C12H22N4O/c1-4-17-12-6-11(15-8-16-12)14-7-10(13)5-9(2)3/h6,8-10H,4-5,7,13H2,1-3H3,(H,14,15,16). The zero-order chi connectivity index (χ0) is 12.7. The Hall–Kier alpha value is -1.36. The number of rotatable bonds is 7. The molecule has 0 radical (unpaired) electrons. The van der Waals surface area contributed by atoms with Gasteiger partial charge in [-0.15, -0.1) is 0 Å². The minimum absolute atomic E-state index is 0.139. The third-order valence-electron chi connectivity index (χ3n) is 2.25. The van der Waals surface area contributed by atoms with Crippen LogP contribution in [0.1, 0.15) is 27.2 Å². The van der Waals surface area contributed by atoms with Crippen molar-refractivity contribution in [2.75, 3.05) is 18.5 Å². The number of hydrogen-bond donors (Lipinski definition) is 2. The first-order chi connectivity index (χ1) is 8.11. The number of nitrogens with two attached hydrogens (primary N) is 1. The molecule has 17 heavy (non-hydrogen) atoms. The van der Waals surface area contributed by atoms with E-state index >= 15 is 0 Å². The lowest BCUT2D eigenvalue weighted by Gasteiger charge is -2.15. The van der Waals surface area contributed by atoms with Crippen LogP contribution in [0.4, 0.5) is 5.82 Å². The Morgan fingerprint density at radius 3 is 2.82 bits per heavy atom. The Labute approximate surface area is 103 Å². The van der Waals surface area contributed by atoms with E-state index in [0.717, 1.165) is 12.2 Å². The van der Waals surface area contributed by atoms with Crippen LogP contribution >= 0.6 is 0 Å². The van der Waals surface area contributed by atoms with E-state index in [0.29, 0.717) is 24.9 Å². The predicted octanol–water partition coefficient (Wildman–Crippen LogP) is 1.66. The minimum atomic E-state index is 0.139. The number of ether oxygens (including phenoxy) is 1. The van der Waals surface area contributed by atoms with Gasteiger partial charge in [0, 0.05) is 18.7 Å². The van der Waals surface area contributed by atoms with Crippen LogP contribution in [-0.2, 0) is 0 Å². The Bertz CT molecular complexity index is 330. The molecule has 0 bridgehead atoms. The van der Waals surface area contributed by atoms with Crippen molar-refractivity contribution in [1.29, 1.82) is 0 Å². The zero-order valence-electron chi connectivity index (χ0n) is 10.8. The third kappa shape index (κ3) is 5.49. The first-order valence-electron chi connectivity index (χ1n) is 6.06. The van der Waals surface area contributed by atoms with E-state index < -0.39 is 0 Å². The van der Waals surface area contributed by atoms with Crippen LogP contribution in [0.25, 0.3) is 0 Å². The van der Waals surface area contributed by atoms with Crippen molar-refractivity contribution in [3.05, 3.63) is 12.4 Å². The molecule has 0 spiro atoms. The second-order valence-electron chi connectivity index (χ2n) is 4.45. The summed E-state index contributed by atoms with van der Waals surface area (Å²) < 4.78 is 5.30. The summed E-state index contributed by atoms with van der Waals surface area (Å²) in [7, 11) is 0. The summed E-state index contributed by atoms with van der Waals surface area (Å²) in [6, 6.07) is 1.92. The van der Waals surface area contributed by atoms with Gasteiger partial charge in [0.2, 0.25) is 5.88 Å². The summed E-state index contributed by atoms with van der Waals surface area (Å²) >= 11 is 0. The van der Waals surface area contributed by atoms with Crippen molar-refractivity contribution in [3.63, 3.8) is 0 Å². The maximum Gasteiger partial charge on any atom is 0.218 e. The fraction of sp³-hybridized carbons (Fsp3) is 0.667.